The van der Waals surface area contributed by atoms with Gasteiger partial charge >= 0.3 is 0 Å². The molecule has 0 saturated heterocycles. The van der Waals surface area contributed by atoms with Crippen molar-refractivity contribution in [2.24, 2.45) is 0 Å². The first-order chi connectivity index (χ1) is 28.7. The molecule has 0 radical (unpaired) electrons. The van der Waals surface area contributed by atoms with E-state index in [9.17, 15) is 0 Å². The third-order valence-corrected chi connectivity index (χ3v) is 11.5. The first kappa shape index (κ1) is 36.2. The van der Waals surface area contributed by atoms with Crippen LogP contribution in [0.3, 0.4) is 0 Å². The fourth-order valence-corrected chi connectivity index (χ4v) is 8.65. The maximum absolute atomic E-state index is 6.73. The van der Waals surface area contributed by atoms with Crippen molar-refractivity contribution in [3.63, 3.8) is 0 Å². The lowest BCUT2D eigenvalue weighted by Gasteiger charge is -2.24. The van der Waals surface area contributed by atoms with E-state index in [4.69, 9.17) is 9.72 Å². The Morgan fingerprint density at radius 2 is 1.14 bits per heavy atom. The number of pyridine rings is 1. The fourth-order valence-electron chi connectivity index (χ4n) is 8.65. The monoisotopic (exact) mass is 766 g/mol. The second-order valence-corrected chi connectivity index (χ2v) is 16.8. The Morgan fingerprint density at radius 3 is 1.90 bits per heavy atom. The third-order valence-electron chi connectivity index (χ3n) is 11.5. The van der Waals surface area contributed by atoms with Crippen LogP contribution in [0.2, 0.25) is 0 Å². The van der Waals surface area contributed by atoms with Crippen molar-refractivity contribution in [3.05, 3.63) is 193 Å². The number of aryl methyl sites for hydroxylation is 2. The van der Waals surface area contributed by atoms with E-state index in [2.05, 4.69) is 213 Å². The average Bonchev–Trinajstić information content (AvgIpc) is 3.80. The molecule has 0 atom stereocenters. The van der Waals surface area contributed by atoms with E-state index in [1.54, 1.807) is 0 Å². The van der Waals surface area contributed by atoms with Crippen LogP contribution in [0, 0.1) is 13.8 Å². The third kappa shape index (κ3) is 6.79. The van der Waals surface area contributed by atoms with Gasteiger partial charge in [0.15, 0.2) is 0 Å². The van der Waals surface area contributed by atoms with E-state index < -0.39 is 0 Å². The number of anilines is 4. The van der Waals surface area contributed by atoms with Crippen molar-refractivity contribution in [2.75, 3.05) is 16.5 Å². The topological polar surface area (TPSA) is 33.5 Å². The van der Waals surface area contributed by atoms with Crippen molar-refractivity contribution in [3.8, 4) is 39.6 Å². The molecule has 0 aliphatic carbocycles. The molecule has 5 heteroatoms. The van der Waals surface area contributed by atoms with E-state index in [-0.39, 0.29) is 5.41 Å². The van der Waals surface area contributed by atoms with Crippen LogP contribution in [0.15, 0.2) is 176 Å². The van der Waals surface area contributed by atoms with E-state index >= 15 is 0 Å². The molecule has 0 spiro atoms. The Labute approximate surface area is 346 Å². The molecule has 0 fully saturated rings. The highest BCUT2D eigenvalue weighted by Crippen LogP contribution is 2.46. The minimum atomic E-state index is -0.00166. The van der Waals surface area contributed by atoms with E-state index in [1.807, 2.05) is 12.3 Å². The lowest BCUT2D eigenvalue weighted by Crippen LogP contribution is -2.24. The van der Waals surface area contributed by atoms with E-state index in [1.165, 1.54) is 44.3 Å². The normalized spacial score (nSPS) is 12.7. The predicted molar refractivity (Wildman–Crippen MR) is 246 cm³/mol. The highest BCUT2D eigenvalue weighted by atomic mass is 16.5. The largest absolute Gasteiger partial charge is 0.457 e. The number of ether oxygens (including phenoxy) is 1. The van der Waals surface area contributed by atoms with Crippen LogP contribution in [-0.4, -0.2) is 16.2 Å². The standard InChI is InChI=1S/C54H46N4O/c1-36-26-37(2)28-39(27-36)41-29-40(38-14-7-6-8-15-38)30-44(31-41)57-35-56(50-20-11-12-21-51(50)57)43-16-13-17-45(33-43)59-46-22-23-48-47-18-9-10-19-49(47)58(52(48)34-46)53-32-42(24-25-55-53)54(3,4)5/h6-34H,35H2,1-5H3. The Hall–Kier alpha value is -7.11. The van der Waals surface area contributed by atoms with Gasteiger partial charge in [0.1, 0.15) is 24.0 Å². The van der Waals surface area contributed by atoms with Gasteiger partial charge in [0.2, 0.25) is 0 Å². The van der Waals surface area contributed by atoms with Gasteiger partial charge in [-0.05, 0) is 120 Å². The van der Waals surface area contributed by atoms with Crippen LogP contribution >= 0.6 is 0 Å². The fraction of sp³-hybridized carbons (Fsp3) is 0.130. The average molecular weight is 767 g/mol. The molecule has 7 aromatic carbocycles. The molecule has 0 bridgehead atoms. The van der Waals surface area contributed by atoms with Crippen molar-refractivity contribution in [1.29, 1.82) is 0 Å². The maximum atomic E-state index is 6.73. The predicted octanol–water partition coefficient (Wildman–Crippen LogP) is 14.5. The van der Waals surface area contributed by atoms with Gasteiger partial charge in [-0.3, -0.25) is 4.57 Å². The summed E-state index contributed by atoms with van der Waals surface area (Å²) in [7, 11) is 0. The SMILES string of the molecule is Cc1cc(C)cc(-c2cc(-c3ccccc3)cc(N3CN(c4cccc(Oc5ccc6c7ccccc7n(-c7cc(C(C)(C)C)ccn7)c6c5)c4)c4ccccc43)c2)c1. The summed E-state index contributed by atoms with van der Waals surface area (Å²) in [5.41, 5.74) is 15.3. The summed E-state index contributed by atoms with van der Waals surface area (Å²) in [6.07, 6.45) is 1.92. The van der Waals surface area contributed by atoms with Crippen molar-refractivity contribution >= 4 is 44.6 Å². The van der Waals surface area contributed by atoms with Crippen LogP contribution < -0.4 is 14.5 Å². The zero-order valence-electron chi connectivity index (χ0n) is 34.1. The van der Waals surface area contributed by atoms with Crippen molar-refractivity contribution < 1.29 is 4.74 Å². The maximum Gasteiger partial charge on any atom is 0.137 e. The smallest absolute Gasteiger partial charge is 0.137 e. The Kier molecular flexibility index (Phi) is 8.83. The molecule has 9 aromatic rings. The van der Waals surface area contributed by atoms with Crippen LogP contribution in [0.25, 0.3) is 49.9 Å². The van der Waals surface area contributed by atoms with E-state index in [0.717, 1.165) is 56.5 Å². The Bertz CT molecular complexity index is 3010. The molecular formula is C54H46N4O. The first-order valence-electron chi connectivity index (χ1n) is 20.4. The second-order valence-electron chi connectivity index (χ2n) is 16.8. The van der Waals surface area contributed by atoms with Gasteiger partial charge in [0.25, 0.3) is 0 Å². The van der Waals surface area contributed by atoms with Crippen LogP contribution in [0.5, 0.6) is 11.5 Å². The molecule has 1 aliphatic rings. The minimum Gasteiger partial charge on any atom is -0.457 e. The Morgan fingerprint density at radius 1 is 0.492 bits per heavy atom. The highest BCUT2D eigenvalue weighted by molar-refractivity contribution is 6.09. The van der Waals surface area contributed by atoms with Gasteiger partial charge in [-0.2, -0.15) is 0 Å². The summed E-state index contributed by atoms with van der Waals surface area (Å²) >= 11 is 0. The zero-order chi connectivity index (χ0) is 40.3. The number of benzene rings is 7. The number of aromatic nitrogens is 2. The molecule has 10 rings (SSSR count). The van der Waals surface area contributed by atoms with Crippen LogP contribution in [-0.2, 0) is 5.41 Å². The second kappa shape index (κ2) is 14.4. The molecular weight excluding hydrogens is 721 g/mol. The lowest BCUT2D eigenvalue weighted by atomic mass is 9.88. The summed E-state index contributed by atoms with van der Waals surface area (Å²) in [4.78, 5) is 9.68. The molecule has 288 valence electrons. The minimum absolute atomic E-state index is 0.00166. The number of hydrogen-bond acceptors (Lipinski definition) is 4. The van der Waals surface area contributed by atoms with Gasteiger partial charge < -0.3 is 14.5 Å². The summed E-state index contributed by atoms with van der Waals surface area (Å²) in [6.45, 7) is 11.7. The van der Waals surface area contributed by atoms with E-state index in [0.29, 0.717) is 6.67 Å². The quantitative estimate of drug-likeness (QED) is 0.162. The van der Waals surface area contributed by atoms with Crippen molar-refractivity contribution in [2.45, 2.75) is 40.0 Å². The van der Waals surface area contributed by atoms with Crippen LogP contribution in [0.1, 0.15) is 37.5 Å². The number of fused-ring (bicyclic) bond motifs is 4. The number of rotatable bonds is 7. The summed E-state index contributed by atoms with van der Waals surface area (Å²) in [5, 5.41) is 2.35. The molecule has 0 amide bonds. The molecule has 2 aromatic heterocycles. The molecule has 3 heterocycles. The molecule has 0 saturated carbocycles. The Balaban J connectivity index is 1.01. The van der Waals surface area contributed by atoms with Crippen molar-refractivity contribution in [1.82, 2.24) is 9.55 Å². The zero-order valence-corrected chi connectivity index (χ0v) is 34.1. The van der Waals surface area contributed by atoms with Gasteiger partial charge in [0.05, 0.1) is 22.4 Å². The molecule has 59 heavy (non-hydrogen) atoms. The molecule has 5 nitrogen and oxygen atoms in total. The molecule has 1 aliphatic heterocycles. The summed E-state index contributed by atoms with van der Waals surface area (Å²) in [5.74, 6) is 2.44. The number of para-hydroxylation sites is 3. The van der Waals surface area contributed by atoms with Crippen LogP contribution in [0.4, 0.5) is 22.7 Å². The lowest BCUT2D eigenvalue weighted by molar-refractivity contribution is 0.483. The van der Waals surface area contributed by atoms with Gasteiger partial charge in [-0.25, -0.2) is 4.98 Å². The van der Waals surface area contributed by atoms with Gasteiger partial charge in [-0.15, -0.1) is 0 Å². The van der Waals surface area contributed by atoms with Gasteiger partial charge in [-0.1, -0.05) is 117 Å². The first-order valence-corrected chi connectivity index (χ1v) is 20.4. The number of nitrogens with zero attached hydrogens (tertiary/aromatic N) is 4. The molecule has 0 N–H and O–H groups in total. The van der Waals surface area contributed by atoms with Gasteiger partial charge in [0, 0.05) is 40.5 Å². The molecule has 0 unspecified atom stereocenters. The number of hydrogen-bond donors (Lipinski definition) is 0. The highest BCUT2D eigenvalue weighted by Gasteiger charge is 2.29. The summed E-state index contributed by atoms with van der Waals surface area (Å²) in [6, 6.07) is 60.9. The summed E-state index contributed by atoms with van der Waals surface area (Å²) < 4.78 is 8.99.